The molecule has 0 saturated heterocycles. The van der Waals surface area contributed by atoms with Gasteiger partial charge in [0, 0.05) is 23.3 Å². The first-order valence-electron chi connectivity index (χ1n) is 6.02. The summed E-state index contributed by atoms with van der Waals surface area (Å²) in [6, 6.07) is 2.04. The van der Waals surface area contributed by atoms with Gasteiger partial charge < -0.3 is 4.52 Å². The highest BCUT2D eigenvalue weighted by atomic mass is 32.1. The molecular formula is C13H19N3OS. The molecule has 2 aromatic rings. The van der Waals surface area contributed by atoms with Crippen LogP contribution in [-0.4, -0.2) is 15.4 Å². The maximum Gasteiger partial charge on any atom is 0.137 e. The Balaban J connectivity index is 2.17. The van der Waals surface area contributed by atoms with Crippen molar-refractivity contribution in [3.05, 3.63) is 28.0 Å². The Morgan fingerprint density at radius 2 is 1.94 bits per heavy atom. The van der Waals surface area contributed by atoms with Crippen molar-refractivity contribution in [3.8, 4) is 0 Å². The van der Waals surface area contributed by atoms with Gasteiger partial charge in [-0.25, -0.2) is 0 Å². The van der Waals surface area contributed by atoms with Gasteiger partial charge in [-0.05, 0) is 0 Å². The lowest BCUT2D eigenvalue weighted by molar-refractivity contribution is 0.341. The molecule has 4 nitrogen and oxygen atoms in total. The molecule has 18 heavy (non-hydrogen) atoms. The second kappa shape index (κ2) is 4.46. The maximum atomic E-state index is 5.43. The van der Waals surface area contributed by atoms with Crippen LogP contribution >= 0.6 is 11.3 Å². The van der Waals surface area contributed by atoms with Gasteiger partial charge in [-0.15, -0.1) is 21.5 Å². The predicted octanol–water partition coefficient (Wildman–Crippen LogP) is 3.34. The molecule has 0 N–H and O–H groups in total. The first-order chi connectivity index (χ1) is 8.29. The Morgan fingerprint density at radius 1 is 1.22 bits per heavy atom. The van der Waals surface area contributed by atoms with E-state index in [4.69, 9.17) is 4.52 Å². The van der Waals surface area contributed by atoms with Crippen molar-refractivity contribution < 1.29 is 4.52 Å². The van der Waals surface area contributed by atoms with Gasteiger partial charge in [0.15, 0.2) is 0 Å². The van der Waals surface area contributed by atoms with Gasteiger partial charge in [0.2, 0.25) is 0 Å². The topological polar surface area (TPSA) is 51.8 Å². The lowest BCUT2D eigenvalue weighted by Gasteiger charge is -2.19. The SMILES string of the molecule is CC(C)(C)c1cc(CC(C)(C)c2nncs2)on1. The minimum atomic E-state index is -0.0736. The fourth-order valence-corrected chi connectivity index (χ4v) is 2.41. The molecule has 2 aromatic heterocycles. The largest absolute Gasteiger partial charge is 0.361 e. The van der Waals surface area contributed by atoms with Gasteiger partial charge in [-0.1, -0.05) is 39.8 Å². The first kappa shape index (κ1) is 13.2. The van der Waals surface area contributed by atoms with Crippen molar-refractivity contribution in [1.29, 1.82) is 0 Å². The summed E-state index contributed by atoms with van der Waals surface area (Å²) in [5.41, 5.74) is 2.70. The van der Waals surface area contributed by atoms with Crippen LogP contribution in [-0.2, 0) is 17.3 Å². The fraction of sp³-hybridized carbons (Fsp3) is 0.615. The van der Waals surface area contributed by atoms with Crippen LogP contribution in [0.4, 0.5) is 0 Å². The van der Waals surface area contributed by atoms with Gasteiger partial charge in [0.25, 0.3) is 0 Å². The standard InChI is InChI=1S/C13H19N3OS/c1-12(2,3)10-6-9(17-16-10)7-13(4,5)11-15-14-8-18-11/h6,8H,7H2,1-5H3. The summed E-state index contributed by atoms with van der Waals surface area (Å²) in [5, 5.41) is 13.2. The minimum Gasteiger partial charge on any atom is -0.361 e. The van der Waals surface area contributed by atoms with Gasteiger partial charge >= 0.3 is 0 Å². The van der Waals surface area contributed by atoms with E-state index in [2.05, 4.69) is 50.0 Å². The van der Waals surface area contributed by atoms with Crippen molar-refractivity contribution in [3.63, 3.8) is 0 Å². The van der Waals surface area contributed by atoms with Crippen molar-refractivity contribution in [2.75, 3.05) is 0 Å². The average Bonchev–Trinajstić information content (AvgIpc) is 2.83. The molecule has 0 spiro atoms. The van der Waals surface area contributed by atoms with E-state index >= 15 is 0 Å². The monoisotopic (exact) mass is 265 g/mol. The molecule has 0 aliphatic heterocycles. The van der Waals surface area contributed by atoms with Crippen molar-refractivity contribution in [1.82, 2.24) is 15.4 Å². The molecule has 0 atom stereocenters. The molecule has 5 heteroatoms. The smallest absolute Gasteiger partial charge is 0.137 e. The van der Waals surface area contributed by atoms with Crippen LogP contribution in [0.2, 0.25) is 0 Å². The van der Waals surface area contributed by atoms with E-state index < -0.39 is 0 Å². The zero-order chi connectivity index (χ0) is 13.4. The third-order valence-electron chi connectivity index (χ3n) is 2.88. The molecule has 0 amide bonds. The van der Waals surface area contributed by atoms with E-state index in [0.717, 1.165) is 22.9 Å². The van der Waals surface area contributed by atoms with Gasteiger partial charge in [-0.2, -0.15) is 0 Å². The third kappa shape index (κ3) is 2.77. The molecule has 2 heterocycles. The summed E-state index contributed by atoms with van der Waals surface area (Å²) in [6.07, 6.45) is 0.783. The second-order valence-corrected chi connectivity index (χ2v) is 7.07. The molecule has 0 saturated carbocycles. The lowest BCUT2D eigenvalue weighted by atomic mass is 9.87. The number of hydrogen-bond donors (Lipinski definition) is 0. The fourth-order valence-electron chi connectivity index (χ4n) is 1.73. The average molecular weight is 265 g/mol. The molecule has 0 aliphatic carbocycles. The number of nitrogens with zero attached hydrogens (tertiary/aromatic N) is 3. The van der Waals surface area contributed by atoms with Crippen LogP contribution in [0.1, 0.15) is 51.1 Å². The summed E-state index contributed by atoms with van der Waals surface area (Å²) in [5.74, 6) is 0.903. The maximum absolute atomic E-state index is 5.43. The number of aromatic nitrogens is 3. The molecule has 0 radical (unpaired) electrons. The van der Waals surface area contributed by atoms with Crippen LogP contribution in [0, 0.1) is 0 Å². The Bertz CT molecular complexity index is 509. The van der Waals surface area contributed by atoms with E-state index in [1.165, 1.54) is 0 Å². The zero-order valence-corrected chi connectivity index (χ0v) is 12.3. The van der Waals surface area contributed by atoms with E-state index in [1.54, 1.807) is 16.8 Å². The lowest BCUT2D eigenvalue weighted by Crippen LogP contribution is -2.20. The van der Waals surface area contributed by atoms with Crippen molar-refractivity contribution in [2.24, 2.45) is 0 Å². The number of rotatable bonds is 3. The van der Waals surface area contributed by atoms with Crippen LogP contribution in [0.25, 0.3) is 0 Å². The van der Waals surface area contributed by atoms with Crippen LogP contribution in [0.3, 0.4) is 0 Å². The third-order valence-corrected chi connectivity index (χ3v) is 3.94. The van der Waals surface area contributed by atoms with Gasteiger partial charge in [-0.3, -0.25) is 0 Å². The summed E-state index contributed by atoms with van der Waals surface area (Å²) in [6.45, 7) is 10.7. The van der Waals surface area contributed by atoms with E-state index in [0.29, 0.717) is 0 Å². The van der Waals surface area contributed by atoms with Crippen LogP contribution in [0.15, 0.2) is 16.1 Å². The normalized spacial score (nSPS) is 12.9. The molecule has 0 fully saturated rings. The summed E-state index contributed by atoms with van der Waals surface area (Å²) < 4.78 is 5.43. The van der Waals surface area contributed by atoms with Crippen molar-refractivity contribution in [2.45, 2.75) is 51.9 Å². The summed E-state index contributed by atoms with van der Waals surface area (Å²) in [7, 11) is 0. The highest BCUT2D eigenvalue weighted by Crippen LogP contribution is 2.30. The van der Waals surface area contributed by atoms with Crippen molar-refractivity contribution >= 4 is 11.3 Å². The quantitative estimate of drug-likeness (QED) is 0.854. The van der Waals surface area contributed by atoms with Crippen LogP contribution in [0.5, 0.6) is 0 Å². The summed E-state index contributed by atoms with van der Waals surface area (Å²) >= 11 is 1.58. The molecule has 0 aromatic carbocycles. The molecule has 0 aliphatic rings. The molecule has 0 bridgehead atoms. The molecule has 2 rings (SSSR count). The Kier molecular flexibility index (Phi) is 3.27. The second-order valence-electron chi connectivity index (χ2n) is 6.23. The highest BCUT2D eigenvalue weighted by Gasteiger charge is 2.28. The summed E-state index contributed by atoms with van der Waals surface area (Å²) in [4.78, 5) is 0. The van der Waals surface area contributed by atoms with Crippen LogP contribution < -0.4 is 0 Å². The van der Waals surface area contributed by atoms with E-state index in [-0.39, 0.29) is 10.8 Å². The minimum absolute atomic E-state index is 0.0225. The number of hydrogen-bond acceptors (Lipinski definition) is 5. The Morgan fingerprint density at radius 3 is 2.44 bits per heavy atom. The highest BCUT2D eigenvalue weighted by molar-refractivity contribution is 7.09. The van der Waals surface area contributed by atoms with E-state index in [1.807, 2.05) is 6.07 Å². The molecular weight excluding hydrogens is 246 g/mol. The van der Waals surface area contributed by atoms with Gasteiger partial charge in [0.1, 0.15) is 16.3 Å². The Labute approximate surface area is 111 Å². The van der Waals surface area contributed by atoms with Gasteiger partial charge in [0.05, 0.1) is 5.69 Å². The predicted molar refractivity (Wildman–Crippen MR) is 71.8 cm³/mol. The molecule has 0 unspecified atom stereocenters. The Hall–Kier alpha value is -1.23. The first-order valence-corrected chi connectivity index (χ1v) is 6.90. The molecule has 98 valence electrons. The van der Waals surface area contributed by atoms with E-state index in [9.17, 15) is 0 Å². The zero-order valence-electron chi connectivity index (χ0n) is 11.5.